The van der Waals surface area contributed by atoms with Crippen molar-refractivity contribution in [3.05, 3.63) is 54.2 Å². The van der Waals surface area contributed by atoms with Crippen molar-refractivity contribution < 1.29 is 22.0 Å². The summed E-state index contributed by atoms with van der Waals surface area (Å²) in [6.07, 6.45) is 4.08. The number of benzene rings is 1. The third-order valence-corrected chi connectivity index (χ3v) is 5.42. The first-order valence-corrected chi connectivity index (χ1v) is 9.03. The van der Waals surface area contributed by atoms with Crippen LogP contribution in [0.25, 0.3) is 0 Å². The standard InChI is InChI=1S/C16H17FN2O4S/c17-13-3-1-5-15(9-13)24(21,22)18-14-4-2-7-19(10-14)16(20)12-6-8-23-11-12/h1,3,5-6,8-9,11,14,18H,2,4,7,10H2/t14-/m1/s1. The molecule has 2 heterocycles. The summed E-state index contributed by atoms with van der Waals surface area (Å²) in [6.45, 7) is 0.820. The molecule has 0 radical (unpaired) electrons. The van der Waals surface area contributed by atoms with Gasteiger partial charge < -0.3 is 9.32 Å². The van der Waals surface area contributed by atoms with Crippen LogP contribution in [0.15, 0.2) is 52.2 Å². The number of nitrogens with zero attached hydrogens (tertiary/aromatic N) is 1. The molecular weight excluding hydrogens is 335 g/mol. The predicted octanol–water partition coefficient (Wildman–Crippen LogP) is 2.00. The molecule has 1 fully saturated rings. The molecule has 1 amide bonds. The first-order valence-electron chi connectivity index (χ1n) is 7.55. The number of rotatable bonds is 4. The van der Waals surface area contributed by atoms with E-state index in [1.165, 1.54) is 30.7 Å². The van der Waals surface area contributed by atoms with Gasteiger partial charge >= 0.3 is 0 Å². The summed E-state index contributed by atoms with van der Waals surface area (Å²) in [6, 6.07) is 6.00. The first-order chi connectivity index (χ1) is 11.5. The minimum atomic E-state index is -3.83. The van der Waals surface area contributed by atoms with E-state index < -0.39 is 21.9 Å². The third-order valence-electron chi connectivity index (χ3n) is 3.90. The molecule has 128 valence electrons. The zero-order valence-corrected chi connectivity index (χ0v) is 13.6. The number of hydrogen-bond acceptors (Lipinski definition) is 4. The van der Waals surface area contributed by atoms with Gasteiger partial charge in [-0.1, -0.05) is 6.07 Å². The topological polar surface area (TPSA) is 79.6 Å². The highest BCUT2D eigenvalue weighted by atomic mass is 32.2. The van der Waals surface area contributed by atoms with Crippen molar-refractivity contribution in [3.63, 3.8) is 0 Å². The van der Waals surface area contributed by atoms with Crippen LogP contribution in [0.4, 0.5) is 4.39 Å². The summed E-state index contributed by atoms with van der Waals surface area (Å²) in [7, 11) is -3.83. The zero-order valence-electron chi connectivity index (χ0n) is 12.8. The highest BCUT2D eigenvalue weighted by molar-refractivity contribution is 7.89. The fourth-order valence-electron chi connectivity index (χ4n) is 2.75. The van der Waals surface area contributed by atoms with Crippen molar-refractivity contribution in [2.24, 2.45) is 0 Å². The Morgan fingerprint density at radius 1 is 1.33 bits per heavy atom. The molecule has 0 bridgehead atoms. The summed E-state index contributed by atoms with van der Waals surface area (Å²) in [4.78, 5) is 13.8. The molecule has 1 aliphatic heterocycles. The quantitative estimate of drug-likeness (QED) is 0.913. The molecular formula is C16H17FN2O4S. The molecule has 3 rings (SSSR count). The van der Waals surface area contributed by atoms with Gasteiger partial charge in [-0.25, -0.2) is 17.5 Å². The van der Waals surface area contributed by atoms with Crippen LogP contribution in [0.1, 0.15) is 23.2 Å². The molecule has 0 unspecified atom stereocenters. The molecule has 1 aromatic carbocycles. The Hall–Kier alpha value is -2.19. The number of carbonyl (C=O) groups excluding carboxylic acids is 1. The van der Waals surface area contributed by atoms with Gasteiger partial charge in [0.1, 0.15) is 12.1 Å². The number of piperidine rings is 1. The molecule has 1 aromatic heterocycles. The number of hydrogen-bond donors (Lipinski definition) is 1. The number of likely N-dealkylation sites (tertiary alicyclic amines) is 1. The van der Waals surface area contributed by atoms with Gasteiger partial charge in [0.25, 0.3) is 5.91 Å². The minimum absolute atomic E-state index is 0.124. The van der Waals surface area contributed by atoms with Crippen molar-refractivity contribution in [2.75, 3.05) is 13.1 Å². The van der Waals surface area contributed by atoms with Crippen LogP contribution in [-0.2, 0) is 10.0 Å². The Balaban J connectivity index is 1.70. The van der Waals surface area contributed by atoms with Crippen LogP contribution in [0.5, 0.6) is 0 Å². The maximum atomic E-state index is 13.2. The molecule has 1 saturated heterocycles. The van der Waals surface area contributed by atoms with E-state index in [1.54, 1.807) is 11.0 Å². The van der Waals surface area contributed by atoms with Gasteiger partial charge in [-0.2, -0.15) is 0 Å². The Morgan fingerprint density at radius 3 is 2.88 bits per heavy atom. The van der Waals surface area contributed by atoms with Crippen molar-refractivity contribution in [1.82, 2.24) is 9.62 Å². The lowest BCUT2D eigenvalue weighted by atomic mass is 10.1. The van der Waals surface area contributed by atoms with E-state index in [1.807, 2.05) is 0 Å². The first kappa shape index (κ1) is 16.7. The highest BCUT2D eigenvalue weighted by Crippen LogP contribution is 2.17. The van der Waals surface area contributed by atoms with Gasteiger partial charge in [0.2, 0.25) is 10.0 Å². The monoisotopic (exact) mass is 352 g/mol. The number of nitrogens with one attached hydrogen (secondary N) is 1. The predicted molar refractivity (Wildman–Crippen MR) is 84.4 cm³/mol. The molecule has 1 N–H and O–H groups in total. The second-order valence-corrected chi connectivity index (χ2v) is 7.39. The summed E-state index contributed by atoms with van der Waals surface area (Å²) in [5, 5.41) is 0. The van der Waals surface area contributed by atoms with Gasteiger partial charge in [0.15, 0.2) is 0 Å². The Labute approximate surface area is 139 Å². The lowest BCUT2D eigenvalue weighted by molar-refractivity contribution is 0.0702. The van der Waals surface area contributed by atoms with Crippen LogP contribution in [0.3, 0.4) is 0 Å². The van der Waals surface area contributed by atoms with E-state index in [4.69, 9.17) is 4.42 Å². The van der Waals surface area contributed by atoms with Crippen molar-refractivity contribution >= 4 is 15.9 Å². The Morgan fingerprint density at radius 2 is 2.17 bits per heavy atom. The van der Waals surface area contributed by atoms with E-state index in [2.05, 4.69) is 4.72 Å². The molecule has 1 atom stereocenters. The Kier molecular flexibility index (Phi) is 4.68. The fraction of sp³-hybridized carbons (Fsp3) is 0.312. The number of amides is 1. The van der Waals surface area contributed by atoms with Crippen molar-refractivity contribution in [1.29, 1.82) is 0 Å². The second kappa shape index (κ2) is 6.74. The SMILES string of the molecule is O=C(c1ccoc1)N1CCC[C@@H](NS(=O)(=O)c2cccc(F)c2)C1. The van der Waals surface area contributed by atoms with E-state index >= 15 is 0 Å². The van der Waals surface area contributed by atoms with Gasteiger partial charge in [0, 0.05) is 19.1 Å². The number of furan rings is 1. The second-order valence-electron chi connectivity index (χ2n) is 5.68. The molecule has 24 heavy (non-hydrogen) atoms. The average molecular weight is 352 g/mol. The number of carbonyl (C=O) groups is 1. The average Bonchev–Trinajstić information content (AvgIpc) is 3.08. The molecule has 2 aromatic rings. The van der Waals surface area contributed by atoms with E-state index in [-0.39, 0.29) is 17.3 Å². The van der Waals surface area contributed by atoms with Crippen LogP contribution in [0, 0.1) is 5.82 Å². The minimum Gasteiger partial charge on any atom is -0.472 e. The van der Waals surface area contributed by atoms with Crippen LogP contribution in [0.2, 0.25) is 0 Å². The summed E-state index contributed by atoms with van der Waals surface area (Å²) in [5.74, 6) is -0.809. The third kappa shape index (κ3) is 3.65. The highest BCUT2D eigenvalue weighted by Gasteiger charge is 2.28. The van der Waals surface area contributed by atoms with Crippen molar-refractivity contribution in [3.8, 4) is 0 Å². The number of sulfonamides is 1. The summed E-state index contributed by atoms with van der Waals surface area (Å²) in [5.41, 5.74) is 0.434. The van der Waals surface area contributed by atoms with Gasteiger partial charge in [-0.3, -0.25) is 4.79 Å². The van der Waals surface area contributed by atoms with Crippen molar-refractivity contribution in [2.45, 2.75) is 23.8 Å². The molecule has 6 nitrogen and oxygen atoms in total. The molecule has 8 heteroatoms. The van der Waals surface area contributed by atoms with Crippen LogP contribution >= 0.6 is 0 Å². The summed E-state index contributed by atoms with van der Waals surface area (Å²) >= 11 is 0. The van der Waals surface area contributed by atoms with Crippen LogP contribution in [-0.4, -0.2) is 38.4 Å². The maximum Gasteiger partial charge on any atom is 0.257 e. The lowest BCUT2D eigenvalue weighted by Gasteiger charge is -2.32. The van der Waals surface area contributed by atoms with Gasteiger partial charge in [-0.15, -0.1) is 0 Å². The Bertz CT molecular complexity index is 820. The summed E-state index contributed by atoms with van der Waals surface area (Å²) < 4.78 is 45.4. The van der Waals surface area contributed by atoms with E-state index in [0.717, 1.165) is 6.07 Å². The van der Waals surface area contributed by atoms with Gasteiger partial charge in [0.05, 0.1) is 16.7 Å². The lowest BCUT2D eigenvalue weighted by Crippen LogP contribution is -2.49. The molecule has 1 aliphatic rings. The van der Waals surface area contributed by atoms with Crippen LogP contribution < -0.4 is 4.72 Å². The smallest absolute Gasteiger partial charge is 0.257 e. The largest absolute Gasteiger partial charge is 0.472 e. The molecule has 0 spiro atoms. The fourth-order valence-corrected chi connectivity index (χ4v) is 4.04. The normalized spacial score (nSPS) is 18.5. The van der Waals surface area contributed by atoms with E-state index in [9.17, 15) is 17.6 Å². The maximum absolute atomic E-state index is 13.2. The van der Waals surface area contributed by atoms with E-state index in [0.29, 0.717) is 24.9 Å². The van der Waals surface area contributed by atoms with Gasteiger partial charge in [-0.05, 0) is 37.1 Å². The molecule has 0 saturated carbocycles. The zero-order chi connectivity index (χ0) is 17.2. The number of halogens is 1. The molecule has 0 aliphatic carbocycles.